The molecular formula is C25H29N7O. The lowest BCUT2D eigenvalue weighted by Crippen LogP contribution is -2.44. The molecule has 1 saturated heterocycles. The Kier molecular flexibility index (Phi) is 5.75. The molecule has 33 heavy (non-hydrogen) atoms. The number of aromatic nitrogens is 3. The maximum atomic E-state index is 6.12. The van der Waals surface area contributed by atoms with E-state index in [0.29, 0.717) is 23.3 Å². The lowest BCUT2D eigenvalue weighted by molar-refractivity contribution is 0.313. The van der Waals surface area contributed by atoms with Crippen molar-refractivity contribution in [3.8, 4) is 11.6 Å². The molecule has 2 aromatic carbocycles. The number of aryl methyl sites for hydroxylation is 1. The fourth-order valence-corrected chi connectivity index (χ4v) is 4.07. The fraction of sp³-hybridized carbons (Fsp3) is 0.280. The van der Waals surface area contributed by atoms with Crippen LogP contribution in [0.4, 0.5) is 23.0 Å². The largest absolute Gasteiger partial charge is 0.438 e. The molecule has 0 aliphatic carbocycles. The number of likely N-dealkylation sites (N-methyl/N-ethyl adjacent to an activating group) is 1. The molecule has 8 nitrogen and oxygen atoms in total. The quantitative estimate of drug-likeness (QED) is 0.429. The van der Waals surface area contributed by atoms with Gasteiger partial charge < -0.3 is 30.2 Å². The third kappa shape index (κ3) is 4.56. The molecule has 0 saturated carbocycles. The molecule has 0 bridgehead atoms. The van der Waals surface area contributed by atoms with E-state index in [-0.39, 0.29) is 0 Å². The molecule has 3 N–H and O–H groups in total. The first-order chi connectivity index (χ1) is 16.1. The highest BCUT2D eigenvalue weighted by molar-refractivity contribution is 5.83. The van der Waals surface area contributed by atoms with E-state index >= 15 is 0 Å². The van der Waals surface area contributed by atoms with Crippen molar-refractivity contribution in [1.82, 2.24) is 19.4 Å². The Bertz CT molecular complexity index is 1240. The van der Waals surface area contributed by atoms with Gasteiger partial charge in [-0.15, -0.1) is 0 Å². The van der Waals surface area contributed by atoms with Crippen LogP contribution in [-0.4, -0.2) is 52.7 Å². The summed E-state index contributed by atoms with van der Waals surface area (Å²) in [6.45, 7) is 7.15. The minimum atomic E-state index is 0.488. The van der Waals surface area contributed by atoms with E-state index in [1.807, 2.05) is 30.5 Å². The van der Waals surface area contributed by atoms with E-state index in [1.54, 1.807) is 6.07 Å². The monoisotopic (exact) mass is 443 g/mol. The van der Waals surface area contributed by atoms with Crippen molar-refractivity contribution in [1.29, 1.82) is 0 Å². The van der Waals surface area contributed by atoms with Crippen molar-refractivity contribution in [2.75, 3.05) is 49.2 Å². The van der Waals surface area contributed by atoms with Crippen LogP contribution in [0.3, 0.4) is 0 Å². The molecule has 0 spiro atoms. The van der Waals surface area contributed by atoms with Crippen molar-refractivity contribution in [2.24, 2.45) is 0 Å². The van der Waals surface area contributed by atoms with E-state index in [1.165, 1.54) is 5.69 Å². The van der Waals surface area contributed by atoms with E-state index in [4.69, 9.17) is 15.5 Å². The number of ether oxygens (including phenoxy) is 1. The van der Waals surface area contributed by atoms with Crippen LogP contribution in [0.25, 0.3) is 11.0 Å². The topological polar surface area (TPSA) is 84.5 Å². The normalized spacial score (nSPS) is 14.5. The number of nitrogens with two attached hydrogens (primary N) is 1. The van der Waals surface area contributed by atoms with Crippen molar-refractivity contribution in [3.05, 3.63) is 60.8 Å². The van der Waals surface area contributed by atoms with Gasteiger partial charge in [0.25, 0.3) is 0 Å². The molecule has 5 rings (SSSR count). The van der Waals surface area contributed by atoms with E-state index < -0.39 is 0 Å². The van der Waals surface area contributed by atoms with Crippen LogP contribution in [0.2, 0.25) is 0 Å². The zero-order chi connectivity index (χ0) is 22.8. The average Bonchev–Trinajstić information content (AvgIpc) is 3.24. The second-order valence-electron chi connectivity index (χ2n) is 8.33. The molecule has 3 heterocycles. The number of hydrogen-bond donors (Lipinski definition) is 2. The Hall–Kier alpha value is -3.78. The predicted octanol–water partition coefficient (Wildman–Crippen LogP) is 4.32. The van der Waals surface area contributed by atoms with Crippen LogP contribution in [0.15, 0.2) is 60.8 Å². The summed E-state index contributed by atoms with van der Waals surface area (Å²) in [7, 11) is 2.17. The van der Waals surface area contributed by atoms with Crippen LogP contribution in [0, 0.1) is 0 Å². The van der Waals surface area contributed by atoms with Gasteiger partial charge in [0.2, 0.25) is 11.8 Å². The number of hydrogen-bond acceptors (Lipinski definition) is 7. The Labute approximate surface area is 193 Å². The SMILES string of the molecule is CCn1ccc2c(Oc3cccc(N)c3)nc(Nc3ccc(N4CCN(C)CC4)cc3)nc21. The smallest absolute Gasteiger partial charge is 0.233 e. The first-order valence-electron chi connectivity index (χ1n) is 11.3. The first kappa shape index (κ1) is 21.1. The molecule has 0 amide bonds. The molecule has 8 heteroatoms. The number of piperazine rings is 1. The fourth-order valence-electron chi connectivity index (χ4n) is 4.07. The van der Waals surface area contributed by atoms with Crippen LogP contribution in [0.5, 0.6) is 11.6 Å². The van der Waals surface area contributed by atoms with Crippen LogP contribution >= 0.6 is 0 Å². The number of benzene rings is 2. The number of nitrogen functional groups attached to an aromatic ring is 1. The summed E-state index contributed by atoms with van der Waals surface area (Å²) in [5.74, 6) is 1.62. The highest BCUT2D eigenvalue weighted by Crippen LogP contribution is 2.31. The zero-order valence-corrected chi connectivity index (χ0v) is 19.0. The standard InChI is InChI=1S/C25H29N7O/c1-3-31-12-11-22-23(31)28-25(29-24(22)33-21-6-4-5-18(26)17-21)27-19-7-9-20(10-8-19)32-15-13-30(2)14-16-32/h4-12,17H,3,13-16,26H2,1-2H3,(H,27,28,29). The van der Waals surface area contributed by atoms with Gasteiger partial charge in [-0.1, -0.05) is 6.07 Å². The van der Waals surface area contributed by atoms with Crippen LogP contribution in [-0.2, 0) is 6.54 Å². The lowest BCUT2D eigenvalue weighted by Gasteiger charge is -2.34. The second-order valence-corrected chi connectivity index (χ2v) is 8.33. The molecule has 1 aliphatic rings. The summed E-state index contributed by atoms with van der Waals surface area (Å²) in [5.41, 5.74) is 9.54. The highest BCUT2D eigenvalue weighted by atomic mass is 16.5. The molecule has 1 fully saturated rings. The Morgan fingerprint density at radius 1 is 1.00 bits per heavy atom. The number of fused-ring (bicyclic) bond motifs is 1. The summed E-state index contributed by atoms with van der Waals surface area (Å²) >= 11 is 0. The number of anilines is 4. The molecule has 0 unspecified atom stereocenters. The molecule has 4 aromatic rings. The molecular weight excluding hydrogens is 414 g/mol. The van der Waals surface area contributed by atoms with Gasteiger partial charge in [0.15, 0.2) is 0 Å². The molecule has 0 atom stereocenters. The van der Waals surface area contributed by atoms with E-state index in [0.717, 1.165) is 49.4 Å². The van der Waals surface area contributed by atoms with Crippen molar-refractivity contribution >= 4 is 34.0 Å². The summed E-state index contributed by atoms with van der Waals surface area (Å²) < 4.78 is 8.19. The van der Waals surface area contributed by atoms with Gasteiger partial charge >= 0.3 is 0 Å². The van der Waals surface area contributed by atoms with E-state index in [9.17, 15) is 0 Å². The average molecular weight is 444 g/mol. The summed E-state index contributed by atoms with van der Waals surface area (Å²) in [6.07, 6.45) is 2.00. The number of rotatable bonds is 6. The summed E-state index contributed by atoms with van der Waals surface area (Å²) in [6, 6.07) is 17.7. The Balaban J connectivity index is 1.41. The van der Waals surface area contributed by atoms with Gasteiger partial charge in [0.1, 0.15) is 11.4 Å². The predicted molar refractivity (Wildman–Crippen MR) is 134 cm³/mol. The lowest BCUT2D eigenvalue weighted by atomic mass is 10.2. The van der Waals surface area contributed by atoms with Gasteiger partial charge in [-0.05, 0) is 56.4 Å². The van der Waals surface area contributed by atoms with E-state index in [2.05, 4.69) is 62.9 Å². The summed E-state index contributed by atoms with van der Waals surface area (Å²) in [4.78, 5) is 14.2. The van der Waals surface area contributed by atoms with Crippen LogP contribution < -0.4 is 20.7 Å². The maximum Gasteiger partial charge on any atom is 0.233 e. The van der Waals surface area contributed by atoms with Gasteiger partial charge in [-0.3, -0.25) is 0 Å². The minimum absolute atomic E-state index is 0.488. The zero-order valence-electron chi connectivity index (χ0n) is 19.0. The van der Waals surface area contributed by atoms with Gasteiger partial charge in [-0.2, -0.15) is 9.97 Å². The molecule has 1 aliphatic heterocycles. The third-order valence-corrected chi connectivity index (χ3v) is 5.99. The Morgan fingerprint density at radius 2 is 1.79 bits per heavy atom. The number of nitrogens with one attached hydrogen (secondary N) is 1. The first-order valence-corrected chi connectivity index (χ1v) is 11.3. The minimum Gasteiger partial charge on any atom is -0.438 e. The Morgan fingerprint density at radius 3 is 2.52 bits per heavy atom. The van der Waals surface area contributed by atoms with Gasteiger partial charge in [-0.25, -0.2) is 0 Å². The van der Waals surface area contributed by atoms with Crippen LogP contribution in [0.1, 0.15) is 6.92 Å². The van der Waals surface area contributed by atoms with Crippen molar-refractivity contribution in [2.45, 2.75) is 13.5 Å². The van der Waals surface area contributed by atoms with Crippen molar-refractivity contribution in [3.63, 3.8) is 0 Å². The highest BCUT2D eigenvalue weighted by Gasteiger charge is 2.16. The summed E-state index contributed by atoms with van der Waals surface area (Å²) in [5, 5.41) is 4.20. The second kappa shape index (κ2) is 8.99. The number of nitrogens with zero attached hydrogens (tertiary/aromatic N) is 5. The molecule has 170 valence electrons. The maximum absolute atomic E-state index is 6.12. The molecule has 0 radical (unpaired) electrons. The van der Waals surface area contributed by atoms with Crippen molar-refractivity contribution < 1.29 is 4.74 Å². The van der Waals surface area contributed by atoms with Gasteiger partial charge in [0, 0.05) is 62.0 Å². The van der Waals surface area contributed by atoms with Gasteiger partial charge in [0.05, 0.1) is 5.39 Å². The molecule has 2 aromatic heterocycles. The third-order valence-electron chi connectivity index (χ3n) is 5.99.